The van der Waals surface area contributed by atoms with Crippen molar-refractivity contribution in [3.05, 3.63) is 0 Å². The van der Waals surface area contributed by atoms with E-state index in [2.05, 4.69) is 0 Å². The fourth-order valence-electron chi connectivity index (χ4n) is 0.214. The highest BCUT2D eigenvalue weighted by Gasteiger charge is 2.00. The topological polar surface area (TPSA) is 74.6 Å². The van der Waals surface area contributed by atoms with Crippen LogP contribution in [0.3, 0.4) is 0 Å². The Morgan fingerprint density at radius 3 is 1.30 bits per heavy atom. The van der Waals surface area contributed by atoms with Crippen molar-refractivity contribution in [2.24, 2.45) is 0 Å². The molecule has 0 rings (SSSR count). The van der Waals surface area contributed by atoms with Gasteiger partial charge in [-0.3, -0.25) is 9.59 Å². The van der Waals surface area contributed by atoms with Crippen molar-refractivity contribution in [1.82, 2.24) is 0 Å². The van der Waals surface area contributed by atoms with E-state index in [1.165, 1.54) is 0 Å². The van der Waals surface area contributed by atoms with Crippen LogP contribution in [0.1, 0.15) is 29.1 Å². The monoisotopic (exact) mass is 152 g/mol. The first-order valence-corrected chi connectivity index (χ1v) is 2.06. The first-order valence-electron chi connectivity index (χ1n) is 2.06. The van der Waals surface area contributed by atoms with Crippen LogP contribution in [0.4, 0.5) is 0 Å². The van der Waals surface area contributed by atoms with Crippen molar-refractivity contribution in [2.75, 3.05) is 0 Å². The van der Waals surface area contributed by atoms with Crippen molar-refractivity contribution < 1.29 is 21.2 Å². The fraction of sp³-hybridized carbons (Fsp3) is 0.667. The van der Waals surface area contributed by atoms with Crippen molar-refractivity contribution in [1.29, 1.82) is 0 Å². The van der Waals surface area contributed by atoms with E-state index in [0.29, 0.717) is 0 Å². The summed E-state index contributed by atoms with van der Waals surface area (Å²) in [6.07, 6.45) is -0.593. The summed E-state index contributed by atoms with van der Waals surface area (Å²) in [5.41, 5.74) is 0. The van der Waals surface area contributed by atoms with Gasteiger partial charge in [-0.2, -0.15) is 0 Å². The van der Waals surface area contributed by atoms with E-state index in [1.54, 1.807) is 0 Å². The molecule has 2 N–H and O–H groups in total. The van der Waals surface area contributed by atoms with E-state index < -0.39 is 11.9 Å². The third kappa shape index (κ3) is 15.8. The Morgan fingerprint density at radius 1 is 1.00 bits per heavy atom. The Labute approximate surface area is 62.0 Å². The number of carboxylic acid groups (broad SMARTS) is 2. The quantitative estimate of drug-likeness (QED) is 0.641. The van der Waals surface area contributed by atoms with Crippen LogP contribution in [-0.2, 0) is 9.59 Å². The zero-order chi connectivity index (χ0) is 6.57. The normalized spacial score (nSPS) is 6.80. The van der Waals surface area contributed by atoms with Crippen LogP contribution < -0.4 is 0 Å². The van der Waals surface area contributed by atoms with E-state index in [1.807, 2.05) is 0 Å². The zero-order valence-electron chi connectivity index (χ0n) is 4.13. The Bertz CT molecular complexity index is 99.1. The zero-order valence-corrected chi connectivity index (χ0v) is 4.13. The molecule has 0 aromatic rings. The molecule has 0 saturated carbocycles. The van der Waals surface area contributed by atoms with Crippen LogP contribution in [0.15, 0.2) is 0 Å². The molecule has 0 amide bonds. The van der Waals surface area contributed by atoms with Crippen LogP contribution in [0.25, 0.3) is 0 Å². The van der Waals surface area contributed by atoms with E-state index >= 15 is 0 Å². The number of carbonyl (C=O) groups is 2. The average Bonchev–Trinajstić information content (AvgIpc) is 1.61. The second-order valence-corrected chi connectivity index (χ2v) is 1.29. The third-order valence-electron chi connectivity index (χ3n) is 0.553. The van der Waals surface area contributed by atoms with Gasteiger partial charge in [0.1, 0.15) is 0 Å². The summed E-state index contributed by atoms with van der Waals surface area (Å²) in [4.78, 5) is 19.3. The Balaban J connectivity index is -0.0000000817. The number of hydrogen-bond acceptors (Lipinski definition) is 2. The maximum atomic E-state index is 9.64. The van der Waals surface area contributed by atoms with Gasteiger partial charge in [0.2, 0.25) is 0 Å². The molecule has 0 saturated heterocycles. The minimum Gasteiger partial charge on any atom is -0.481 e. The van der Waals surface area contributed by atoms with Gasteiger partial charge in [0.05, 0.1) is 12.8 Å². The first-order chi connectivity index (χ1) is 3.63. The van der Waals surface area contributed by atoms with Crippen LogP contribution in [0, 0.1) is 0 Å². The summed E-state index contributed by atoms with van der Waals surface area (Å²) in [7, 11) is 0. The van der Waals surface area contributed by atoms with Crippen molar-refractivity contribution in [3.63, 3.8) is 0 Å². The van der Waals surface area contributed by atoms with Crippen LogP contribution >= 0.6 is 0 Å². The molecule has 0 atom stereocenters. The van der Waals surface area contributed by atoms with E-state index in [9.17, 15) is 9.59 Å². The summed E-state index contributed by atoms with van der Waals surface area (Å²) >= 11 is 0. The molecule has 0 bridgehead atoms. The van der Waals surface area contributed by atoms with E-state index in [4.69, 9.17) is 10.2 Å². The summed E-state index contributed by atoms with van der Waals surface area (Å²) < 4.78 is 0. The SMILES string of the molecule is C.C.O=C(O)CCC(=O)O.[HH]. The summed E-state index contributed by atoms with van der Waals surface area (Å²) in [6.45, 7) is 0. The molecule has 0 aliphatic rings. The molecule has 0 fully saturated rings. The number of hydrogen-bond donors (Lipinski definition) is 2. The standard InChI is InChI=1S/C4H6O4.2CH4.H2/c5-3(6)1-2-4(7)8;;;/h1-2H2,(H,5,6)(H,7,8);2*1H4;1H. The average molecular weight is 152 g/mol. The lowest BCUT2D eigenvalue weighted by atomic mass is 10.3. The largest absolute Gasteiger partial charge is 0.481 e. The molecule has 0 aliphatic heterocycles. The molecule has 64 valence electrons. The van der Waals surface area contributed by atoms with Gasteiger partial charge in [-0.05, 0) is 0 Å². The van der Waals surface area contributed by atoms with Gasteiger partial charge in [-0.15, -0.1) is 0 Å². The molecule has 0 aromatic heterocycles. The molecule has 4 heteroatoms. The minimum absolute atomic E-state index is 0. The molecule has 4 nitrogen and oxygen atoms in total. The summed E-state index contributed by atoms with van der Waals surface area (Å²) in [6, 6.07) is 0. The fourth-order valence-corrected chi connectivity index (χ4v) is 0.214. The Morgan fingerprint density at radius 2 is 1.20 bits per heavy atom. The second kappa shape index (κ2) is 7.94. The second-order valence-electron chi connectivity index (χ2n) is 1.29. The van der Waals surface area contributed by atoms with Crippen LogP contribution in [-0.4, -0.2) is 22.2 Å². The number of carboxylic acids is 2. The van der Waals surface area contributed by atoms with Crippen LogP contribution in [0.5, 0.6) is 0 Å². The van der Waals surface area contributed by atoms with Crippen molar-refractivity contribution in [3.8, 4) is 0 Å². The lowest BCUT2D eigenvalue weighted by Gasteiger charge is -1.85. The van der Waals surface area contributed by atoms with Gasteiger partial charge >= 0.3 is 11.9 Å². The molecule has 0 spiro atoms. The molecule has 0 heterocycles. The Hall–Kier alpha value is -1.06. The molecule has 0 unspecified atom stereocenters. The lowest BCUT2D eigenvalue weighted by Crippen LogP contribution is -2.00. The van der Waals surface area contributed by atoms with Crippen LogP contribution in [0.2, 0.25) is 0 Å². The van der Waals surface area contributed by atoms with Gasteiger partial charge in [0.15, 0.2) is 0 Å². The molecule has 10 heavy (non-hydrogen) atoms. The van der Waals surface area contributed by atoms with Gasteiger partial charge in [0.25, 0.3) is 0 Å². The Kier molecular flexibility index (Phi) is 12.7. The van der Waals surface area contributed by atoms with E-state index in [0.717, 1.165) is 0 Å². The van der Waals surface area contributed by atoms with Crippen molar-refractivity contribution in [2.45, 2.75) is 27.7 Å². The third-order valence-corrected chi connectivity index (χ3v) is 0.553. The molecular formula is C6H16O4. The molecule has 0 aromatic carbocycles. The van der Waals surface area contributed by atoms with Crippen molar-refractivity contribution >= 4 is 11.9 Å². The first kappa shape index (κ1) is 16.0. The summed E-state index contributed by atoms with van der Waals surface area (Å²) in [5.74, 6) is -2.15. The predicted octanol–water partition coefficient (Wildman–Crippen LogP) is 1.45. The van der Waals surface area contributed by atoms with E-state index in [-0.39, 0.29) is 29.1 Å². The number of aliphatic carboxylic acids is 2. The smallest absolute Gasteiger partial charge is 0.303 e. The predicted molar refractivity (Wildman–Crippen MR) is 40.1 cm³/mol. The maximum Gasteiger partial charge on any atom is 0.303 e. The van der Waals surface area contributed by atoms with Gasteiger partial charge in [0, 0.05) is 1.43 Å². The molecule has 0 aliphatic carbocycles. The summed E-state index contributed by atoms with van der Waals surface area (Å²) in [5, 5.41) is 15.8. The van der Waals surface area contributed by atoms with Gasteiger partial charge in [-0.25, -0.2) is 0 Å². The van der Waals surface area contributed by atoms with Gasteiger partial charge < -0.3 is 10.2 Å². The number of rotatable bonds is 3. The molecule has 0 radical (unpaired) electrons. The highest BCUT2D eigenvalue weighted by Crippen LogP contribution is 1.85. The highest BCUT2D eigenvalue weighted by atomic mass is 16.4. The lowest BCUT2D eigenvalue weighted by molar-refractivity contribution is -0.143. The van der Waals surface area contributed by atoms with Gasteiger partial charge in [-0.1, -0.05) is 14.9 Å². The molecular weight excluding hydrogens is 136 g/mol. The minimum atomic E-state index is -1.08. The highest BCUT2D eigenvalue weighted by molar-refractivity contribution is 5.75. The maximum absolute atomic E-state index is 9.64.